The average Bonchev–Trinajstić information content (AvgIpc) is 2.45. The minimum Gasteiger partial charge on any atom is -0.485 e. The third kappa shape index (κ3) is 4.46. The van der Waals surface area contributed by atoms with Gasteiger partial charge in [-0.3, -0.25) is 9.59 Å². The number of hydrogen-bond donors (Lipinski definition) is 0. The molecule has 1 rings (SSSR count). The second kappa shape index (κ2) is 8.64. The Labute approximate surface area is 131 Å². The van der Waals surface area contributed by atoms with Crippen LogP contribution in [0.3, 0.4) is 0 Å². The number of Topliss-reactive ketones (excluding diaryl/α,β-unsaturated/α-hetero) is 2. The molecule has 0 spiro atoms. The molecule has 0 N–H and O–H groups in total. The molecule has 0 unspecified atom stereocenters. The van der Waals surface area contributed by atoms with Gasteiger partial charge in [-0.15, -0.1) is 0 Å². The minimum atomic E-state index is -0.731. The second-order valence-corrected chi connectivity index (χ2v) is 4.72. The molecule has 0 heterocycles. The van der Waals surface area contributed by atoms with Crippen molar-refractivity contribution in [1.82, 2.24) is 0 Å². The van der Waals surface area contributed by atoms with Gasteiger partial charge in [-0.05, 0) is 6.92 Å². The van der Waals surface area contributed by atoms with Crippen molar-refractivity contribution in [3.05, 3.63) is 20.9 Å². The topological polar surface area (TPSA) is 61.8 Å². The third-order valence-electron chi connectivity index (χ3n) is 2.25. The van der Waals surface area contributed by atoms with Crippen molar-refractivity contribution in [2.75, 3.05) is 33.0 Å². The Morgan fingerprint density at radius 1 is 0.800 bits per heavy atom. The highest BCUT2D eigenvalue weighted by Crippen LogP contribution is 2.31. The van der Waals surface area contributed by atoms with Gasteiger partial charge in [0, 0.05) is 6.61 Å². The van der Waals surface area contributed by atoms with E-state index in [1.165, 1.54) is 0 Å². The fourth-order valence-corrected chi connectivity index (χ4v) is 1.93. The molecule has 0 aliphatic heterocycles. The number of rotatable bonds is 8. The number of allylic oxidation sites excluding steroid dienone is 3. The molecule has 0 aromatic heterocycles. The molecule has 20 heavy (non-hydrogen) atoms. The summed E-state index contributed by atoms with van der Waals surface area (Å²) in [4.78, 5) is 23.3. The lowest BCUT2D eigenvalue weighted by Gasteiger charge is -2.15. The Morgan fingerprint density at radius 3 is 2.00 bits per heavy atom. The maximum atomic E-state index is 11.7. The maximum Gasteiger partial charge on any atom is 0.242 e. The maximum absolute atomic E-state index is 11.7. The van der Waals surface area contributed by atoms with Crippen LogP contribution in [0.25, 0.3) is 0 Å². The van der Waals surface area contributed by atoms with Gasteiger partial charge >= 0.3 is 0 Å². The Morgan fingerprint density at radius 2 is 1.35 bits per heavy atom. The van der Waals surface area contributed by atoms with Crippen LogP contribution in [0, 0.1) is 0 Å². The molecule has 0 aromatic carbocycles. The van der Waals surface area contributed by atoms with E-state index < -0.39 is 21.6 Å². The van der Waals surface area contributed by atoms with E-state index in [4.69, 9.17) is 49.0 Å². The van der Waals surface area contributed by atoms with Crippen molar-refractivity contribution in [3.63, 3.8) is 0 Å². The standard InChI is InChI=1S/C12H13Cl3O5/c1-2-18-3-4-19-5-6-20-12-9(15)10(16)7(13)8(14)11(12)17/h2-6H2,1H3. The fraction of sp³-hybridized carbons (Fsp3) is 0.500. The second-order valence-electron chi connectivity index (χ2n) is 3.59. The Bertz CT molecular complexity index is 456. The van der Waals surface area contributed by atoms with Gasteiger partial charge in [-0.2, -0.15) is 0 Å². The summed E-state index contributed by atoms with van der Waals surface area (Å²) in [6.07, 6.45) is 0. The molecule has 0 atom stereocenters. The van der Waals surface area contributed by atoms with Gasteiger partial charge in [0.25, 0.3) is 0 Å². The van der Waals surface area contributed by atoms with Crippen LogP contribution >= 0.6 is 34.8 Å². The van der Waals surface area contributed by atoms with Crippen LogP contribution in [0.2, 0.25) is 0 Å². The van der Waals surface area contributed by atoms with E-state index in [1.807, 2.05) is 6.92 Å². The molecule has 0 bridgehead atoms. The number of carbonyl (C=O) groups excluding carboxylic acids is 2. The summed E-state index contributed by atoms with van der Waals surface area (Å²) in [5.74, 6) is -1.75. The van der Waals surface area contributed by atoms with E-state index >= 15 is 0 Å². The largest absolute Gasteiger partial charge is 0.485 e. The van der Waals surface area contributed by atoms with E-state index in [2.05, 4.69) is 0 Å². The predicted molar refractivity (Wildman–Crippen MR) is 74.9 cm³/mol. The molecule has 0 radical (unpaired) electrons. The SMILES string of the molecule is CCOCCOCCOC1=C(Cl)C(=O)C(Cl)=C(Cl)C1=O. The third-order valence-corrected chi connectivity index (χ3v) is 3.41. The van der Waals surface area contributed by atoms with E-state index in [1.54, 1.807) is 0 Å². The van der Waals surface area contributed by atoms with Crippen molar-refractivity contribution >= 4 is 46.4 Å². The molecule has 112 valence electrons. The molecule has 0 aromatic rings. The van der Waals surface area contributed by atoms with Crippen molar-refractivity contribution < 1.29 is 23.8 Å². The van der Waals surface area contributed by atoms with Gasteiger partial charge in [0.2, 0.25) is 11.6 Å². The van der Waals surface area contributed by atoms with E-state index in [0.29, 0.717) is 19.8 Å². The van der Waals surface area contributed by atoms with Crippen LogP contribution in [0.15, 0.2) is 20.9 Å². The first-order chi connectivity index (χ1) is 9.50. The first-order valence-electron chi connectivity index (χ1n) is 5.83. The Balaban J connectivity index is 2.44. The quantitative estimate of drug-likeness (QED) is 0.500. The molecule has 8 heteroatoms. The number of halogens is 3. The number of ketones is 2. The van der Waals surface area contributed by atoms with Crippen molar-refractivity contribution in [3.8, 4) is 0 Å². The normalized spacial score (nSPS) is 16.2. The van der Waals surface area contributed by atoms with Gasteiger partial charge in [0.1, 0.15) is 21.7 Å². The number of ether oxygens (including phenoxy) is 3. The summed E-state index contributed by atoms with van der Waals surface area (Å²) in [5, 5.41) is -1.17. The molecule has 0 saturated carbocycles. The lowest BCUT2D eigenvalue weighted by atomic mass is 10.1. The summed E-state index contributed by atoms with van der Waals surface area (Å²) in [5.41, 5.74) is 0. The highest BCUT2D eigenvalue weighted by molar-refractivity contribution is 6.64. The summed E-state index contributed by atoms with van der Waals surface area (Å²) in [6, 6.07) is 0. The van der Waals surface area contributed by atoms with E-state index in [-0.39, 0.29) is 24.0 Å². The highest BCUT2D eigenvalue weighted by atomic mass is 35.5. The van der Waals surface area contributed by atoms with Gasteiger partial charge in [0.05, 0.1) is 19.8 Å². The summed E-state index contributed by atoms with van der Waals surface area (Å²) < 4.78 is 15.4. The zero-order chi connectivity index (χ0) is 15.1. The number of hydrogen-bond acceptors (Lipinski definition) is 5. The fourth-order valence-electron chi connectivity index (χ4n) is 1.29. The van der Waals surface area contributed by atoms with Crippen LogP contribution in [-0.2, 0) is 23.8 Å². The predicted octanol–water partition coefficient (Wildman–Crippen LogP) is 2.35. The zero-order valence-electron chi connectivity index (χ0n) is 10.7. The molecule has 5 nitrogen and oxygen atoms in total. The van der Waals surface area contributed by atoms with Crippen LogP contribution in [0.5, 0.6) is 0 Å². The summed E-state index contributed by atoms with van der Waals surface area (Å²) in [6.45, 7) is 3.65. The number of carbonyl (C=O) groups is 2. The molecule has 0 amide bonds. The lowest BCUT2D eigenvalue weighted by Crippen LogP contribution is -2.21. The van der Waals surface area contributed by atoms with Gasteiger partial charge < -0.3 is 14.2 Å². The summed E-state index contributed by atoms with van der Waals surface area (Å²) in [7, 11) is 0. The molecule has 0 saturated heterocycles. The van der Waals surface area contributed by atoms with Gasteiger partial charge in [-0.25, -0.2) is 0 Å². The lowest BCUT2D eigenvalue weighted by molar-refractivity contribution is -0.118. The highest BCUT2D eigenvalue weighted by Gasteiger charge is 2.33. The molecular formula is C12H13Cl3O5. The van der Waals surface area contributed by atoms with Gasteiger partial charge in [-0.1, -0.05) is 34.8 Å². The molecule has 1 aliphatic carbocycles. The van der Waals surface area contributed by atoms with Crippen molar-refractivity contribution in [1.29, 1.82) is 0 Å². The molecule has 0 fully saturated rings. The van der Waals surface area contributed by atoms with Crippen molar-refractivity contribution in [2.24, 2.45) is 0 Å². The van der Waals surface area contributed by atoms with Crippen molar-refractivity contribution in [2.45, 2.75) is 6.92 Å². The van der Waals surface area contributed by atoms with Crippen LogP contribution in [0.4, 0.5) is 0 Å². The first-order valence-corrected chi connectivity index (χ1v) is 6.96. The monoisotopic (exact) mass is 342 g/mol. The summed E-state index contributed by atoms with van der Waals surface area (Å²) >= 11 is 16.9. The van der Waals surface area contributed by atoms with Crippen LogP contribution in [0.1, 0.15) is 6.92 Å². The zero-order valence-corrected chi connectivity index (χ0v) is 13.0. The Kier molecular flexibility index (Phi) is 7.55. The van der Waals surface area contributed by atoms with Crippen LogP contribution in [-0.4, -0.2) is 44.6 Å². The minimum absolute atomic E-state index is 0.0541. The first kappa shape index (κ1) is 17.5. The van der Waals surface area contributed by atoms with E-state index in [0.717, 1.165) is 0 Å². The Hall–Kier alpha value is -0.590. The van der Waals surface area contributed by atoms with Crippen LogP contribution < -0.4 is 0 Å². The van der Waals surface area contributed by atoms with E-state index in [9.17, 15) is 9.59 Å². The average molecular weight is 344 g/mol. The smallest absolute Gasteiger partial charge is 0.242 e. The molecule has 1 aliphatic rings. The molecular weight excluding hydrogens is 330 g/mol. The van der Waals surface area contributed by atoms with Gasteiger partial charge in [0.15, 0.2) is 5.76 Å².